The van der Waals surface area contributed by atoms with Crippen LogP contribution >= 0.6 is 0 Å². The van der Waals surface area contributed by atoms with Crippen LogP contribution in [0, 0.1) is 0 Å². The monoisotopic (exact) mass is 896 g/mol. The summed E-state index contributed by atoms with van der Waals surface area (Å²) in [7, 11) is 0. The van der Waals surface area contributed by atoms with Crippen LogP contribution in [-0.2, 0) is 9.53 Å². The summed E-state index contributed by atoms with van der Waals surface area (Å²) >= 11 is 0. The molecule has 0 unspecified atom stereocenters. The molecule has 0 aromatic carbocycles. The first-order chi connectivity index (χ1) is 30.8. The number of ether oxygens (including phenoxy) is 1. The highest BCUT2D eigenvalue weighted by Gasteiger charge is 2.42. The van der Waals surface area contributed by atoms with Crippen LogP contribution in [0.5, 0.6) is 0 Å². The molecule has 9 heteroatoms. The minimum atomic E-state index is -1.53. The van der Waals surface area contributed by atoms with E-state index >= 15 is 0 Å². The van der Waals surface area contributed by atoms with Gasteiger partial charge in [-0.1, -0.05) is 264 Å². The molecule has 1 aliphatic heterocycles. The van der Waals surface area contributed by atoms with Gasteiger partial charge < -0.3 is 40.7 Å². The number of carbonyl (C=O) groups is 1. The fourth-order valence-corrected chi connectivity index (χ4v) is 9.23. The van der Waals surface area contributed by atoms with Gasteiger partial charge in [0.25, 0.3) is 0 Å². The molecule has 1 rings (SSSR count). The highest BCUT2D eigenvalue weighted by Crippen LogP contribution is 2.23. The van der Waals surface area contributed by atoms with Gasteiger partial charge in [0.1, 0.15) is 36.6 Å². The Labute approximate surface area is 388 Å². The first-order valence-electron chi connectivity index (χ1n) is 27.4. The molecule has 0 aromatic heterocycles. The first-order valence-corrected chi connectivity index (χ1v) is 27.4. The summed E-state index contributed by atoms with van der Waals surface area (Å²) in [6.45, 7) is 3.99. The van der Waals surface area contributed by atoms with Gasteiger partial charge in [-0.15, -0.1) is 0 Å². The lowest BCUT2D eigenvalue weighted by atomic mass is 9.93. The Bertz CT molecular complexity index is 1010. The van der Waals surface area contributed by atoms with Crippen molar-refractivity contribution in [2.24, 2.45) is 0 Å². The first kappa shape index (κ1) is 59.9. The lowest BCUT2D eigenvalue weighted by molar-refractivity contribution is -0.216. The average molecular weight is 896 g/mol. The molecule has 0 aromatic rings. The highest BCUT2D eigenvalue weighted by atomic mass is 16.5. The Morgan fingerprint density at radius 1 is 0.492 bits per heavy atom. The van der Waals surface area contributed by atoms with Gasteiger partial charge in [0, 0.05) is 6.42 Å². The molecule has 63 heavy (non-hydrogen) atoms. The van der Waals surface area contributed by atoms with Crippen molar-refractivity contribution >= 4 is 5.91 Å². The van der Waals surface area contributed by atoms with Crippen molar-refractivity contribution in [3.63, 3.8) is 0 Å². The number of unbranched alkanes of at least 4 members (excludes halogenated alkanes) is 36. The molecule has 374 valence electrons. The average Bonchev–Trinajstić information content (AvgIpc) is 3.28. The topological polar surface area (TPSA) is 160 Å². The summed E-state index contributed by atoms with van der Waals surface area (Å²) in [6.07, 6.45) is 43.7. The predicted molar refractivity (Wildman–Crippen MR) is 263 cm³/mol. The number of nitrogens with one attached hydrogen (secondary N) is 1. The minimum absolute atomic E-state index is 0.223. The van der Waals surface area contributed by atoms with Crippen LogP contribution in [0.4, 0.5) is 0 Å². The summed E-state index contributed by atoms with van der Waals surface area (Å²) in [5, 5.41) is 65.6. The maximum Gasteiger partial charge on any atom is 0.220 e. The van der Waals surface area contributed by atoms with Crippen LogP contribution in [0.1, 0.15) is 271 Å². The Balaban J connectivity index is 2.23. The van der Waals surface area contributed by atoms with Crippen molar-refractivity contribution in [2.45, 2.75) is 319 Å². The molecule has 0 radical (unpaired) electrons. The molecule has 8 atom stereocenters. The van der Waals surface area contributed by atoms with E-state index in [9.17, 15) is 35.4 Å². The molecular formula is C54H105NO8. The molecule has 1 amide bonds. The Hall–Kier alpha value is -1.07. The molecule has 0 saturated carbocycles. The largest absolute Gasteiger partial charge is 0.394 e. The van der Waals surface area contributed by atoms with Crippen LogP contribution < -0.4 is 5.32 Å². The van der Waals surface area contributed by atoms with Crippen molar-refractivity contribution in [3.8, 4) is 0 Å². The fraction of sp³-hybridized carbons (Fsp3) is 0.944. The van der Waals surface area contributed by atoms with Crippen molar-refractivity contribution in [1.29, 1.82) is 0 Å². The second-order valence-corrected chi connectivity index (χ2v) is 19.6. The van der Waals surface area contributed by atoms with E-state index in [0.29, 0.717) is 12.8 Å². The van der Waals surface area contributed by atoms with Crippen molar-refractivity contribution in [1.82, 2.24) is 5.32 Å². The maximum atomic E-state index is 13.1. The number of aliphatic hydroxyl groups is 6. The lowest BCUT2D eigenvalue weighted by Crippen LogP contribution is -2.58. The van der Waals surface area contributed by atoms with Gasteiger partial charge in [-0.2, -0.15) is 0 Å². The van der Waals surface area contributed by atoms with E-state index in [4.69, 9.17) is 4.74 Å². The summed E-state index contributed by atoms with van der Waals surface area (Å²) < 4.78 is 5.61. The second kappa shape index (κ2) is 43.5. The van der Waals surface area contributed by atoms with Crippen molar-refractivity contribution in [3.05, 3.63) is 12.2 Å². The quantitative estimate of drug-likeness (QED) is 0.0235. The SMILES string of the molecule is CCCCCCCCCCCCCCCCCCCCCCCCCCCCC(=O)N[C@@H](C=C[C@H]1O[C@H](CO)[C@H](O)[C@H](O)[C@H]1O)[C@H](O)[C@H](O)CCCCCCCCCCCCCC. The Morgan fingerprint density at radius 3 is 1.17 bits per heavy atom. The molecule has 0 aliphatic carbocycles. The third-order valence-electron chi connectivity index (χ3n) is 13.6. The number of aliphatic hydroxyl groups excluding tert-OH is 6. The van der Waals surface area contributed by atoms with Crippen molar-refractivity contribution < 1.29 is 40.2 Å². The Kier molecular flexibility index (Phi) is 41.4. The van der Waals surface area contributed by atoms with Crippen molar-refractivity contribution in [2.75, 3.05) is 6.61 Å². The van der Waals surface area contributed by atoms with Crippen LogP contribution in [-0.4, -0.2) is 91.9 Å². The fourth-order valence-electron chi connectivity index (χ4n) is 9.23. The lowest BCUT2D eigenvalue weighted by Gasteiger charge is -2.39. The summed E-state index contributed by atoms with van der Waals surface area (Å²) in [5.74, 6) is -0.223. The van der Waals surface area contributed by atoms with E-state index in [1.54, 1.807) is 0 Å². The van der Waals surface area contributed by atoms with Crippen LogP contribution in [0.3, 0.4) is 0 Å². The van der Waals surface area contributed by atoms with E-state index in [-0.39, 0.29) is 5.91 Å². The van der Waals surface area contributed by atoms with E-state index in [1.165, 1.54) is 218 Å². The zero-order valence-corrected chi connectivity index (χ0v) is 41.3. The molecule has 0 spiro atoms. The molecular weight excluding hydrogens is 791 g/mol. The number of hydrogen-bond donors (Lipinski definition) is 7. The Morgan fingerprint density at radius 2 is 0.825 bits per heavy atom. The van der Waals surface area contributed by atoms with E-state index in [2.05, 4.69) is 19.2 Å². The standard InChI is InChI=1S/C54H105NO8/c1-3-5-7-9-11-13-15-17-18-19-20-21-22-23-24-25-26-27-28-29-30-32-34-36-38-40-42-50(58)55-46(43-44-48-52(60)54(62)53(61)49(45-56)63-48)51(59)47(57)41-39-37-35-33-31-16-14-12-10-8-6-4-2/h43-44,46-49,51-54,56-57,59-62H,3-42,45H2,1-2H3,(H,55,58)/t46-,47+,48+,49+,51-,52-,53-,54+/m0/s1. The molecule has 1 fully saturated rings. The third-order valence-corrected chi connectivity index (χ3v) is 13.6. The molecule has 1 heterocycles. The number of rotatable bonds is 46. The van der Waals surface area contributed by atoms with Crippen LogP contribution in [0.2, 0.25) is 0 Å². The molecule has 1 saturated heterocycles. The number of hydrogen-bond acceptors (Lipinski definition) is 8. The molecule has 7 N–H and O–H groups in total. The molecule has 1 aliphatic rings. The van der Waals surface area contributed by atoms with Gasteiger partial charge >= 0.3 is 0 Å². The van der Waals surface area contributed by atoms with Gasteiger partial charge in [-0.25, -0.2) is 0 Å². The zero-order valence-electron chi connectivity index (χ0n) is 41.3. The van der Waals surface area contributed by atoms with E-state index in [0.717, 1.165) is 38.5 Å². The molecule has 0 bridgehead atoms. The van der Waals surface area contributed by atoms with Crippen LogP contribution in [0.15, 0.2) is 12.2 Å². The number of carbonyl (C=O) groups excluding carboxylic acids is 1. The zero-order chi connectivity index (χ0) is 46.0. The third kappa shape index (κ3) is 33.1. The maximum absolute atomic E-state index is 13.1. The summed E-state index contributed by atoms with van der Waals surface area (Å²) in [4.78, 5) is 13.1. The van der Waals surface area contributed by atoms with E-state index < -0.39 is 55.4 Å². The van der Waals surface area contributed by atoms with E-state index in [1.807, 2.05) is 0 Å². The van der Waals surface area contributed by atoms with Gasteiger partial charge in [0.05, 0.1) is 18.8 Å². The summed E-state index contributed by atoms with van der Waals surface area (Å²) in [5.41, 5.74) is 0. The normalized spacial score (nSPS) is 20.7. The minimum Gasteiger partial charge on any atom is -0.394 e. The summed E-state index contributed by atoms with van der Waals surface area (Å²) in [6, 6.07) is -0.943. The predicted octanol–water partition coefficient (Wildman–Crippen LogP) is 12.2. The highest BCUT2D eigenvalue weighted by molar-refractivity contribution is 5.76. The van der Waals surface area contributed by atoms with Gasteiger partial charge in [-0.3, -0.25) is 4.79 Å². The smallest absolute Gasteiger partial charge is 0.220 e. The van der Waals surface area contributed by atoms with Gasteiger partial charge in [0.2, 0.25) is 5.91 Å². The molecule has 9 nitrogen and oxygen atoms in total. The van der Waals surface area contributed by atoms with Crippen LogP contribution in [0.25, 0.3) is 0 Å². The van der Waals surface area contributed by atoms with Gasteiger partial charge in [-0.05, 0) is 12.8 Å². The second-order valence-electron chi connectivity index (χ2n) is 19.6. The van der Waals surface area contributed by atoms with Gasteiger partial charge in [0.15, 0.2) is 0 Å². The number of amides is 1.